The summed E-state index contributed by atoms with van der Waals surface area (Å²) in [6.45, 7) is 5.34. The van der Waals surface area contributed by atoms with Crippen LogP contribution in [-0.4, -0.2) is 24.0 Å². The third-order valence-electron chi connectivity index (χ3n) is 4.99. The lowest BCUT2D eigenvalue weighted by atomic mass is 9.90. The highest BCUT2D eigenvalue weighted by molar-refractivity contribution is 7.89. The molecule has 6 nitrogen and oxygen atoms in total. The van der Waals surface area contributed by atoms with Crippen molar-refractivity contribution in [3.05, 3.63) is 59.7 Å². The van der Waals surface area contributed by atoms with Crippen molar-refractivity contribution >= 4 is 21.1 Å². The van der Waals surface area contributed by atoms with Crippen LogP contribution in [0.15, 0.2) is 42.5 Å². The molecule has 1 aromatic heterocycles. The summed E-state index contributed by atoms with van der Waals surface area (Å²) >= 11 is 0. The third kappa shape index (κ3) is 3.49. The van der Waals surface area contributed by atoms with Gasteiger partial charge in [-0.25, -0.2) is 22.5 Å². The van der Waals surface area contributed by atoms with Crippen LogP contribution in [0.1, 0.15) is 49.9 Å². The summed E-state index contributed by atoms with van der Waals surface area (Å²) in [6, 6.07) is 11.0. The van der Waals surface area contributed by atoms with Gasteiger partial charge in [0.2, 0.25) is 10.0 Å². The molecule has 0 aliphatic carbocycles. The lowest BCUT2D eigenvalue weighted by molar-refractivity contribution is 0.0699. The number of benzene rings is 2. The van der Waals surface area contributed by atoms with Crippen molar-refractivity contribution in [2.75, 3.05) is 0 Å². The lowest BCUT2D eigenvalue weighted by Gasteiger charge is -2.38. The van der Waals surface area contributed by atoms with E-state index in [9.17, 15) is 12.8 Å². The molecule has 8 heteroatoms. The van der Waals surface area contributed by atoms with E-state index in [2.05, 4.69) is 14.7 Å². The molecule has 148 valence electrons. The number of hydrogen-bond donors (Lipinski definition) is 2. The highest BCUT2D eigenvalue weighted by atomic mass is 32.2. The van der Waals surface area contributed by atoms with Gasteiger partial charge >= 0.3 is 0 Å². The average molecular weight is 403 g/mol. The Bertz CT molecular complexity index is 1110. The molecule has 1 aliphatic heterocycles. The number of fused-ring (bicyclic) bond motifs is 2. The van der Waals surface area contributed by atoms with Crippen LogP contribution in [0.25, 0.3) is 11.0 Å². The van der Waals surface area contributed by atoms with E-state index in [4.69, 9.17) is 4.74 Å². The molecule has 0 radical (unpaired) electrons. The van der Waals surface area contributed by atoms with Crippen molar-refractivity contribution in [3.8, 4) is 5.75 Å². The van der Waals surface area contributed by atoms with Gasteiger partial charge in [0.05, 0.1) is 17.1 Å². The molecule has 0 saturated heterocycles. The van der Waals surface area contributed by atoms with Crippen LogP contribution in [0.5, 0.6) is 5.75 Å². The van der Waals surface area contributed by atoms with Gasteiger partial charge in [0.15, 0.2) is 0 Å². The number of hydrogen-bond acceptors (Lipinski definition) is 4. The normalized spacial score (nSPS) is 19.8. The number of rotatable bonds is 4. The molecule has 0 bridgehead atoms. The maximum absolute atomic E-state index is 13.8. The first-order valence-electron chi connectivity index (χ1n) is 9.09. The van der Waals surface area contributed by atoms with Crippen molar-refractivity contribution in [1.82, 2.24) is 14.7 Å². The minimum Gasteiger partial charge on any atom is -0.487 e. The predicted octanol–water partition coefficient (Wildman–Crippen LogP) is 3.98. The van der Waals surface area contributed by atoms with E-state index in [-0.39, 0.29) is 0 Å². The number of nitrogens with zero attached hydrogens (tertiary/aromatic N) is 1. The van der Waals surface area contributed by atoms with Crippen molar-refractivity contribution in [2.45, 2.75) is 44.1 Å². The Morgan fingerprint density at radius 1 is 1.29 bits per heavy atom. The Morgan fingerprint density at radius 3 is 2.79 bits per heavy atom. The molecule has 2 aromatic carbocycles. The van der Waals surface area contributed by atoms with Crippen LogP contribution in [0.4, 0.5) is 4.39 Å². The number of ether oxygens (including phenoxy) is 1. The Balaban J connectivity index is 1.66. The van der Waals surface area contributed by atoms with Gasteiger partial charge < -0.3 is 9.72 Å². The number of nitrogens with one attached hydrogen (secondary N) is 2. The Hall–Kier alpha value is -2.45. The SMILES string of the molecule is CC(c1nc2ccccc2[nH]1)S(=O)(=O)NC1CC(C)(C)Oc2ccc(F)cc21. The number of H-pyrrole nitrogens is 1. The molecule has 0 fully saturated rings. The van der Waals surface area contributed by atoms with E-state index in [1.165, 1.54) is 18.2 Å². The first-order chi connectivity index (χ1) is 13.1. The standard InChI is InChI=1S/C20H22FN3O3S/c1-12(19-22-15-6-4-5-7-16(15)23-19)28(25,26)24-17-11-20(2,3)27-18-9-8-13(21)10-14(17)18/h4-10,12,17,24H,11H2,1-3H3,(H,22,23). The van der Waals surface area contributed by atoms with E-state index < -0.39 is 32.7 Å². The van der Waals surface area contributed by atoms with E-state index in [0.717, 1.165) is 5.52 Å². The van der Waals surface area contributed by atoms with Crippen LogP contribution in [-0.2, 0) is 10.0 Å². The zero-order chi connectivity index (χ0) is 20.1. The minimum atomic E-state index is -3.79. The fourth-order valence-corrected chi connectivity index (χ4v) is 4.76. The molecule has 2 unspecified atom stereocenters. The van der Waals surface area contributed by atoms with Gasteiger partial charge in [-0.3, -0.25) is 0 Å². The molecule has 3 aromatic rings. The van der Waals surface area contributed by atoms with Crippen LogP contribution >= 0.6 is 0 Å². The Morgan fingerprint density at radius 2 is 2.04 bits per heavy atom. The summed E-state index contributed by atoms with van der Waals surface area (Å²) in [5.74, 6) is 0.415. The summed E-state index contributed by atoms with van der Waals surface area (Å²) in [7, 11) is -3.79. The number of para-hydroxylation sites is 2. The molecular formula is C20H22FN3O3S. The van der Waals surface area contributed by atoms with Crippen LogP contribution in [0.2, 0.25) is 0 Å². The predicted molar refractivity (Wildman–Crippen MR) is 105 cm³/mol. The second-order valence-corrected chi connectivity index (χ2v) is 9.78. The second kappa shape index (κ2) is 6.56. The van der Waals surface area contributed by atoms with Gasteiger partial charge in [0.1, 0.15) is 28.2 Å². The largest absolute Gasteiger partial charge is 0.487 e. The van der Waals surface area contributed by atoms with E-state index in [0.29, 0.717) is 29.1 Å². The van der Waals surface area contributed by atoms with Gasteiger partial charge in [0, 0.05) is 12.0 Å². The molecular weight excluding hydrogens is 381 g/mol. The summed E-state index contributed by atoms with van der Waals surface area (Å²) in [6.07, 6.45) is 0.384. The van der Waals surface area contributed by atoms with Crippen molar-refractivity contribution in [3.63, 3.8) is 0 Å². The molecule has 4 rings (SSSR count). The lowest BCUT2D eigenvalue weighted by Crippen LogP contribution is -2.42. The van der Waals surface area contributed by atoms with E-state index in [1.807, 2.05) is 38.1 Å². The summed E-state index contributed by atoms with van der Waals surface area (Å²) < 4.78 is 48.6. The fraction of sp³-hybridized carbons (Fsp3) is 0.350. The highest BCUT2D eigenvalue weighted by Crippen LogP contribution is 2.40. The van der Waals surface area contributed by atoms with Gasteiger partial charge in [-0.05, 0) is 51.1 Å². The topological polar surface area (TPSA) is 84.1 Å². The first-order valence-corrected chi connectivity index (χ1v) is 10.6. The Kier molecular flexibility index (Phi) is 4.43. The highest BCUT2D eigenvalue weighted by Gasteiger charge is 2.38. The van der Waals surface area contributed by atoms with Crippen molar-refractivity contribution in [2.24, 2.45) is 0 Å². The maximum Gasteiger partial charge on any atom is 0.222 e. The number of halogens is 1. The number of aromatic nitrogens is 2. The average Bonchev–Trinajstić information content (AvgIpc) is 3.04. The van der Waals surface area contributed by atoms with E-state index >= 15 is 0 Å². The van der Waals surface area contributed by atoms with Gasteiger partial charge in [0.25, 0.3) is 0 Å². The molecule has 0 amide bonds. The molecule has 0 spiro atoms. The van der Waals surface area contributed by atoms with Crippen LogP contribution in [0, 0.1) is 5.82 Å². The second-order valence-electron chi connectivity index (χ2n) is 7.74. The molecule has 28 heavy (non-hydrogen) atoms. The van der Waals surface area contributed by atoms with Crippen LogP contribution in [0.3, 0.4) is 0 Å². The van der Waals surface area contributed by atoms with E-state index in [1.54, 1.807) is 6.92 Å². The molecule has 2 atom stereocenters. The molecule has 2 heterocycles. The van der Waals surface area contributed by atoms with Gasteiger partial charge in [-0.1, -0.05) is 12.1 Å². The summed E-state index contributed by atoms with van der Waals surface area (Å²) in [5.41, 5.74) is 1.40. The zero-order valence-corrected chi connectivity index (χ0v) is 16.7. The van der Waals surface area contributed by atoms with Crippen molar-refractivity contribution in [1.29, 1.82) is 0 Å². The molecule has 0 saturated carbocycles. The monoisotopic (exact) mass is 403 g/mol. The van der Waals surface area contributed by atoms with Gasteiger partial charge in [-0.2, -0.15) is 0 Å². The van der Waals surface area contributed by atoms with Crippen LogP contribution < -0.4 is 9.46 Å². The summed E-state index contributed by atoms with van der Waals surface area (Å²) in [5, 5.41) is -0.900. The number of aromatic amines is 1. The number of imidazole rings is 1. The van der Waals surface area contributed by atoms with Crippen molar-refractivity contribution < 1.29 is 17.5 Å². The molecule has 2 N–H and O–H groups in total. The van der Waals surface area contributed by atoms with Gasteiger partial charge in [-0.15, -0.1) is 0 Å². The maximum atomic E-state index is 13.8. The smallest absolute Gasteiger partial charge is 0.222 e. The molecule has 1 aliphatic rings. The summed E-state index contributed by atoms with van der Waals surface area (Å²) in [4.78, 5) is 7.47. The minimum absolute atomic E-state index is 0.361. The zero-order valence-electron chi connectivity index (χ0n) is 15.9. The fourth-order valence-electron chi connectivity index (χ4n) is 3.54. The quantitative estimate of drug-likeness (QED) is 0.690. The first kappa shape index (κ1) is 18.9. The Labute approximate surface area is 163 Å². The third-order valence-corrected chi connectivity index (χ3v) is 6.76. The number of sulfonamides is 1.